The Morgan fingerprint density at radius 2 is 1.89 bits per heavy atom. The molecule has 0 saturated heterocycles. The fraction of sp³-hybridized carbons (Fsp3) is 0.714. The highest BCUT2D eigenvalue weighted by Gasteiger charge is 2.35. The summed E-state index contributed by atoms with van der Waals surface area (Å²) in [5.74, 6) is 0.486. The molecule has 0 unspecified atom stereocenters. The SMILES string of the molecule is CC[C@H](C)N(CC(=O)N(Cc1cccn1C)CC(C)C)C(=O)C(C)(C)CCl. The van der Waals surface area contributed by atoms with Crippen molar-refractivity contribution in [3.8, 4) is 0 Å². The van der Waals surface area contributed by atoms with Gasteiger partial charge in [0.05, 0.1) is 12.0 Å². The highest BCUT2D eigenvalue weighted by molar-refractivity contribution is 6.19. The average Bonchev–Trinajstić information content (AvgIpc) is 3.01. The molecule has 5 nitrogen and oxygen atoms in total. The highest BCUT2D eigenvalue weighted by Crippen LogP contribution is 2.23. The molecule has 0 bridgehead atoms. The number of carbonyl (C=O) groups is 2. The Balaban J connectivity index is 3.03. The number of hydrogen-bond donors (Lipinski definition) is 0. The second-order valence-electron chi connectivity index (χ2n) is 8.49. The Bertz CT molecular complexity index is 625. The van der Waals surface area contributed by atoms with Gasteiger partial charge in [0.25, 0.3) is 0 Å². The van der Waals surface area contributed by atoms with Gasteiger partial charge in [-0.1, -0.05) is 20.8 Å². The third-order valence-electron chi connectivity index (χ3n) is 4.94. The molecular weight excluding hydrogens is 362 g/mol. The van der Waals surface area contributed by atoms with Gasteiger partial charge in [-0.2, -0.15) is 0 Å². The first kappa shape index (κ1) is 23.5. The molecular formula is C21H36ClN3O2. The van der Waals surface area contributed by atoms with Crippen molar-refractivity contribution in [2.45, 2.75) is 60.5 Å². The maximum atomic E-state index is 13.2. The molecule has 0 aliphatic heterocycles. The normalized spacial score (nSPS) is 12.9. The second kappa shape index (κ2) is 10.2. The summed E-state index contributed by atoms with van der Waals surface area (Å²) in [5.41, 5.74) is 0.387. The molecule has 0 aliphatic rings. The zero-order valence-electron chi connectivity index (χ0n) is 18.0. The van der Waals surface area contributed by atoms with E-state index in [1.807, 2.05) is 62.5 Å². The number of hydrogen-bond acceptors (Lipinski definition) is 2. The van der Waals surface area contributed by atoms with Gasteiger partial charge in [-0.15, -0.1) is 11.6 Å². The maximum Gasteiger partial charge on any atom is 0.242 e. The number of carbonyl (C=O) groups excluding carboxylic acids is 2. The summed E-state index contributed by atoms with van der Waals surface area (Å²) in [6.45, 7) is 13.2. The summed E-state index contributed by atoms with van der Waals surface area (Å²) in [5, 5.41) is 0. The molecule has 1 atom stereocenters. The van der Waals surface area contributed by atoms with Crippen LogP contribution in [-0.2, 0) is 23.2 Å². The summed E-state index contributed by atoms with van der Waals surface area (Å²) in [7, 11) is 1.98. The van der Waals surface area contributed by atoms with Crippen LogP contribution in [0, 0.1) is 11.3 Å². The monoisotopic (exact) mass is 397 g/mol. The molecule has 0 radical (unpaired) electrons. The Labute approximate surface area is 169 Å². The van der Waals surface area contributed by atoms with E-state index in [1.54, 1.807) is 4.90 Å². The van der Waals surface area contributed by atoms with Gasteiger partial charge in [-0.25, -0.2) is 0 Å². The maximum absolute atomic E-state index is 13.2. The summed E-state index contributed by atoms with van der Waals surface area (Å²) >= 11 is 6.01. The van der Waals surface area contributed by atoms with Gasteiger partial charge >= 0.3 is 0 Å². The van der Waals surface area contributed by atoms with Crippen LogP contribution in [0.4, 0.5) is 0 Å². The van der Waals surface area contributed by atoms with Crippen LogP contribution in [0.2, 0.25) is 0 Å². The Morgan fingerprint density at radius 1 is 1.26 bits per heavy atom. The number of halogens is 1. The standard InChI is InChI=1S/C21H36ClN3O2/c1-8-17(4)25(20(27)21(5,6)15-22)14-19(26)24(12-16(2)3)13-18-10-9-11-23(18)7/h9-11,16-17H,8,12-15H2,1-7H3/t17-/m0/s1. The van der Waals surface area contributed by atoms with Gasteiger partial charge in [0.1, 0.15) is 6.54 Å². The van der Waals surface area contributed by atoms with Crippen molar-refractivity contribution >= 4 is 23.4 Å². The lowest BCUT2D eigenvalue weighted by Gasteiger charge is -2.36. The zero-order chi connectivity index (χ0) is 20.8. The molecule has 6 heteroatoms. The molecule has 0 aliphatic carbocycles. The Kier molecular flexibility index (Phi) is 8.86. The van der Waals surface area contributed by atoms with E-state index in [4.69, 9.17) is 11.6 Å². The summed E-state index contributed by atoms with van der Waals surface area (Å²) in [4.78, 5) is 29.7. The number of alkyl halides is 1. The first-order valence-electron chi connectivity index (χ1n) is 9.78. The molecule has 0 N–H and O–H groups in total. The predicted molar refractivity (Wildman–Crippen MR) is 112 cm³/mol. The Hall–Kier alpha value is -1.49. The van der Waals surface area contributed by atoms with Crippen molar-refractivity contribution in [3.63, 3.8) is 0 Å². The van der Waals surface area contributed by atoms with Gasteiger partial charge in [-0.05, 0) is 45.2 Å². The Morgan fingerprint density at radius 3 is 2.33 bits per heavy atom. The van der Waals surface area contributed by atoms with Gasteiger partial charge < -0.3 is 14.4 Å². The number of aryl methyl sites for hydroxylation is 1. The van der Waals surface area contributed by atoms with Crippen LogP contribution in [0.25, 0.3) is 0 Å². The van der Waals surface area contributed by atoms with E-state index in [2.05, 4.69) is 13.8 Å². The minimum Gasteiger partial charge on any atom is -0.353 e. The molecule has 1 heterocycles. The van der Waals surface area contributed by atoms with E-state index in [0.29, 0.717) is 19.0 Å². The molecule has 1 rings (SSSR count). The summed E-state index contributed by atoms with van der Waals surface area (Å²) in [6, 6.07) is 3.99. The first-order chi connectivity index (χ1) is 12.5. The molecule has 0 spiro atoms. The van der Waals surface area contributed by atoms with E-state index < -0.39 is 5.41 Å². The molecule has 0 fully saturated rings. The number of aromatic nitrogens is 1. The molecule has 1 aromatic heterocycles. The van der Waals surface area contributed by atoms with E-state index in [0.717, 1.165) is 12.1 Å². The van der Waals surface area contributed by atoms with Crippen LogP contribution in [0.1, 0.15) is 53.7 Å². The minimum absolute atomic E-state index is 0.0140. The lowest BCUT2D eigenvalue weighted by molar-refractivity contribution is -0.148. The summed E-state index contributed by atoms with van der Waals surface area (Å²) < 4.78 is 2.02. The van der Waals surface area contributed by atoms with Crippen molar-refractivity contribution in [1.82, 2.24) is 14.4 Å². The summed E-state index contributed by atoms with van der Waals surface area (Å²) in [6.07, 6.45) is 2.77. The van der Waals surface area contributed by atoms with E-state index in [-0.39, 0.29) is 30.3 Å². The van der Waals surface area contributed by atoms with E-state index in [9.17, 15) is 9.59 Å². The largest absolute Gasteiger partial charge is 0.353 e. The fourth-order valence-electron chi connectivity index (χ4n) is 2.89. The molecule has 27 heavy (non-hydrogen) atoms. The van der Waals surface area contributed by atoms with Crippen molar-refractivity contribution in [2.75, 3.05) is 19.0 Å². The average molecular weight is 398 g/mol. The minimum atomic E-state index is -0.688. The van der Waals surface area contributed by atoms with Crippen LogP contribution in [0.5, 0.6) is 0 Å². The molecule has 0 saturated carbocycles. The number of nitrogens with zero attached hydrogens (tertiary/aromatic N) is 3. The van der Waals surface area contributed by atoms with Crippen LogP contribution in [0.15, 0.2) is 18.3 Å². The van der Waals surface area contributed by atoms with Gasteiger partial charge in [0.2, 0.25) is 11.8 Å². The predicted octanol–water partition coefficient (Wildman–Crippen LogP) is 3.90. The number of rotatable bonds is 10. The van der Waals surface area contributed by atoms with E-state index >= 15 is 0 Å². The first-order valence-corrected chi connectivity index (χ1v) is 10.3. The van der Waals surface area contributed by atoms with Crippen LogP contribution >= 0.6 is 11.6 Å². The van der Waals surface area contributed by atoms with Crippen molar-refractivity contribution in [3.05, 3.63) is 24.0 Å². The molecule has 0 aromatic carbocycles. The third-order valence-corrected chi connectivity index (χ3v) is 5.61. The zero-order valence-corrected chi connectivity index (χ0v) is 18.7. The van der Waals surface area contributed by atoms with Crippen LogP contribution in [-0.4, -0.2) is 51.2 Å². The fourth-order valence-corrected chi connectivity index (χ4v) is 3.01. The smallest absolute Gasteiger partial charge is 0.242 e. The lowest BCUT2D eigenvalue weighted by atomic mass is 9.93. The molecule has 154 valence electrons. The van der Waals surface area contributed by atoms with Gasteiger partial charge in [0.15, 0.2) is 0 Å². The quantitative estimate of drug-likeness (QED) is 0.562. The van der Waals surface area contributed by atoms with Crippen LogP contribution in [0.3, 0.4) is 0 Å². The second-order valence-corrected chi connectivity index (χ2v) is 8.75. The highest BCUT2D eigenvalue weighted by atomic mass is 35.5. The molecule has 2 amide bonds. The van der Waals surface area contributed by atoms with Crippen molar-refractivity contribution in [1.29, 1.82) is 0 Å². The van der Waals surface area contributed by atoms with Crippen molar-refractivity contribution < 1.29 is 9.59 Å². The lowest BCUT2D eigenvalue weighted by Crippen LogP contribution is -2.51. The molecule has 1 aromatic rings. The number of amides is 2. The van der Waals surface area contributed by atoms with Crippen molar-refractivity contribution in [2.24, 2.45) is 18.4 Å². The van der Waals surface area contributed by atoms with Crippen LogP contribution < -0.4 is 0 Å². The topological polar surface area (TPSA) is 45.6 Å². The third kappa shape index (κ3) is 6.56. The van der Waals surface area contributed by atoms with Gasteiger partial charge in [0, 0.05) is 37.4 Å². The van der Waals surface area contributed by atoms with Gasteiger partial charge in [-0.3, -0.25) is 9.59 Å². The van der Waals surface area contributed by atoms with E-state index in [1.165, 1.54) is 0 Å².